The lowest BCUT2D eigenvalue weighted by Gasteiger charge is -2.18. The second-order valence-corrected chi connectivity index (χ2v) is 5.38. The minimum absolute atomic E-state index is 0.163. The Morgan fingerprint density at radius 3 is 2.60 bits per heavy atom. The van der Waals surface area contributed by atoms with E-state index < -0.39 is 0 Å². The van der Waals surface area contributed by atoms with Crippen LogP contribution in [0, 0.1) is 12.7 Å². The first-order valence-electron chi connectivity index (χ1n) is 6.82. The molecule has 0 aliphatic carbocycles. The lowest BCUT2D eigenvalue weighted by molar-refractivity contribution is 0.593. The summed E-state index contributed by atoms with van der Waals surface area (Å²) in [6, 6.07) is 10.9. The molecule has 2 aromatic rings. The summed E-state index contributed by atoms with van der Waals surface area (Å²) in [6.45, 7) is 6.96. The van der Waals surface area contributed by atoms with Crippen molar-refractivity contribution in [3.8, 4) is 11.1 Å². The molecule has 1 nitrogen and oxygen atoms in total. The number of benzene rings is 2. The van der Waals surface area contributed by atoms with Gasteiger partial charge in [0.05, 0.1) is 0 Å². The zero-order valence-corrected chi connectivity index (χ0v) is 12.8. The first-order chi connectivity index (χ1) is 9.52. The van der Waals surface area contributed by atoms with Crippen molar-refractivity contribution >= 4 is 11.6 Å². The van der Waals surface area contributed by atoms with Crippen LogP contribution in [0.2, 0.25) is 5.02 Å². The van der Waals surface area contributed by atoms with E-state index >= 15 is 0 Å². The number of rotatable bonds is 4. The van der Waals surface area contributed by atoms with Crippen LogP contribution in [-0.2, 0) is 0 Å². The summed E-state index contributed by atoms with van der Waals surface area (Å²) in [7, 11) is 0. The molecule has 1 atom stereocenters. The fraction of sp³-hybridized carbons (Fsp3) is 0.294. The molecule has 0 bridgehead atoms. The summed E-state index contributed by atoms with van der Waals surface area (Å²) in [5.41, 5.74) is 3.93. The maximum absolute atomic E-state index is 13.6. The maximum Gasteiger partial charge on any atom is 0.123 e. The van der Waals surface area contributed by atoms with Crippen LogP contribution in [-0.4, -0.2) is 6.54 Å². The first-order valence-corrected chi connectivity index (χ1v) is 7.20. The second kappa shape index (κ2) is 6.38. The Labute approximate surface area is 124 Å². The van der Waals surface area contributed by atoms with E-state index in [0.717, 1.165) is 28.8 Å². The zero-order valence-electron chi connectivity index (χ0n) is 12.0. The Morgan fingerprint density at radius 1 is 1.20 bits per heavy atom. The third-order valence-electron chi connectivity index (χ3n) is 3.47. The van der Waals surface area contributed by atoms with E-state index in [1.165, 1.54) is 6.07 Å². The molecule has 0 saturated heterocycles. The first kappa shape index (κ1) is 15.0. The van der Waals surface area contributed by atoms with Gasteiger partial charge < -0.3 is 5.32 Å². The number of hydrogen-bond donors (Lipinski definition) is 1. The van der Waals surface area contributed by atoms with Crippen molar-refractivity contribution in [3.05, 3.63) is 58.4 Å². The summed E-state index contributed by atoms with van der Waals surface area (Å²) >= 11 is 6.19. The van der Waals surface area contributed by atoms with Gasteiger partial charge in [-0.1, -0.05) is 36.7 Å². The van der Waals surface area contributed by atoms with E-state index in [-0.39, 0.29) is 11.9 Å². The van der Waals surface area contributed by atoms with Crippen molar-refractivity contribution in [3.63, 3.8) is 0 Å². The fourth-order valence-electron chi connectivity index (χ4n) is 2.33. The molecule has 0 heterocycles. The lowest BCUT2D eigenvalue weighted by Crippen LogP contribution is -2.18. The number of hydrogen-bond acceptors (Lipinski definition) is 1. The van der Waals surface area contributed by atoms with Gasteiger partial charge >= 0.3 is 0 Å². The van der Waals surface area contributed by atoms with Gasteiger partial charge in [0.1, 0.15) is 5.82 Å². The highest BCUT2D eigenvalue weighted by atomic mass is 35.5. The molecular formula is C17H19ClFN. The largest absolute Gasteiger partial charge is 0.310 e. The molecule has 0 saturated carbocycles. The van der Waals surface area contributed by atoms with Crippen molar-refractivity contribution in [1.29, 1.82) is 0 Å². The normalized spacial score (nSPS) is 12.4. The summed E-state index contributed by atoms with van der Waals surface area (Å²) in [4.78, 5) is 0. The zero-order chi connectivity index (χ0) is 14.7. The molecule has 0 fully saturated rings. The lowest BCUT2D eigenvalue weighted by atomic mass is 9.95. The van der Waals surface area contributed by atoms with Gasteiger partial charge in [0.25, 0.3) is 0 Å². The van der Waals surface area contributed by atoms with Gasteiger partial charge in [0.2, 0.25) is 0 Å². The molecule has 0 aliphatic rings. The monoisotopic (exact) mass is 291 g/mol. The third-order valence-corrected chi connectivity index (χ3v) is 3.88. The molecule has 0 amide bonds. The Balaban J connectivity index is 2.53. The van der Waals surface area contributed by atoms with Crippen LogP contribution in [0.3, 0.4) is 0 Å². The maximum atomic E-state index is 13.6. The standard InChI is InChI=1S/C17H19ClFN/c1-4-20-12(3)15-8-7-14(19)10-16(15)13-6-5-11(2)17(18)9-13/h5-10,12,20H,4H2,1-3H3. The molecule has 3 heteroatoms. The van der Waals surface area contributed by atoms with Gasteiger partial charge in [-0.2, -0.15) is 0 Å². The topological polar surface area (TPSA) is 12.0 Å². The minimum Gasteiger partial charge on any atom is -0.310 e. The molecule has 0 radical (unpaired) electrons. The van der Waals surface area contributed by atoms with Gasteiger partial charge in [-0.15, -0.1) is 0 Å². The van der Waals surface area contributed by atoms with Crippen molar-refractivity contribution in [2.75, 3.05) is 6.54 Å². The molecule has 0 aliphatic heterocycles. The van der Waals surface area contributed by atoms with E-state index in [9.17, 15) is 4.39 Å². The Morgan fingerprint density at radius 2 is 1.95 bits per heavy atom. The highest BCUT2D eigenvalue weighted by molar-refractivity contribution is 6.31. The third kappa shape index (κ3) is 3.20. The molecule has 20 heavy (non-hydrogen) atoms. The van der Waals surface area contributed by atoms with E-state index in [1.54, 1.807) is 6.07 Å². The predicted octanol–water partition coefficient (Wildman–Crippen LogP) is 5.13. The van der Waals surface area contributed by atoms with Crippen LogP contribution in [0.4, 0.5) is 4.39 Å². The molecule has 106 valence electrons. The molecule has 2 rings (SSSR count). The predicted molar refractivity (Wildman–Crippen MR) is 83.7 cm³/mol. The summed E-state index contributed by atoms with van der Waals surface area (Å²) in [5.74, 6) is -0.232. The van der Waals surface area contributed by atoms with Crippen LogP contribution < -0.4 is 5.32 Å². The molecule has 1 unspecified atom stereocenters. The number of nitrogens with one attached hydrogen (secondary N) is 1. The molecule has 1 N–H and O–H groups in total. The Kier molecular flexibility index (Phi) is 4.79. The van der Waals surface area contributed by atoms with Crippen LogP contribution in [0.15, 0.2) is 36.4 Å². The highest BCUT2D eigenvalue weighted by Crippen LogP contribution is 2.31. The van der Waals surface area contributed by atoms with Crippen molar-refractivity contribution in [2.45, 2.75) is 26.8 Å². The van der Waals surface area contributed by atoms with Gasteiger partial charge in [-0.3, -0.25) is 0 Å². The van der Waals surface area contributed by atoms with E-state index in [2.05, 4.69) is 19.2 Å². The highest BCUT2D eigenvalue weighted by Gasteiger charge is 2.13. The second-order valence-electron chi connectivity index (χ2n) is 4.97. The Hall–Kier alpha value is -1.38. The average Bonchev–Trinajstić information content (AvgIpc) is 2.42. The molecule has 0 spiro atoms. The van der Waals surface area contributed by atoms with E-state index in [0.29, 0.717) is 5.02 Å². The van der Waals surface area contributed by atoms with Crippen molar-refractivity contribution in [2.24, 2.45) is 0 Å². The van der Waals surface area contributed by atoms with Crippen LogP contribution in [0.25, 0.3) is 11.1 Å². The van der Waals surface area contributed by atoms with Gasteiger partial charge in [-0.25, -0.2) is 4.39 Å². The van der Waals surface area contributed by atoms with Crippen LogP contribution >= 0.6 is 11.6 Å². The van der Waals surface area contributed by atoms with E-state index in [1.807, 2.05) is 31.2 Å². The molecule has 2 aromatic carbocycles. The smallest absolute Gasteiger partial charge is 0.123 e. The average molecular weight is 292 g/mol. The van der Waals surface area contributed by atoms with Crippen molar-refractivity contribution < 1.29 is 4.39 Å². The fourth-order valence-corrected chi connectivity index (χ4v) is 2.51. The number of halogens is 2. The SMILES string of the molecule is CCNC(C)c1ccc(F)cc1-c1ccc(C)c(Cl)c1. The number of aryl methyl sites for hydroxylation is 1. The summed E-state index contributed by atoms with van der Waals surface area (Å²) in [5, 5.41) is 4.06. The summed E-state index contributed by atoms with van der Waals surface area (Å²) < 4.78 is 13.6. The van der Waals surface area contributed by atoms with E-state index in [4.69, 9.17) is 11.6 Å². The Bertz CT molecular complexity index is 610. The minimum atomic E-state index is -0.232. The quantitative estimate of drug-likeness (QED) is 0.824. The van der Waals surface area contributed by atoms with Crippen LogP contribution in [0.5, 0.6) is 0 Å². The van der Waals surface area contributed by atoms with Crippen molar-refractivity contribution in [1.82, 2.24) is 5.32 Å². The molecule has 0 aromatic heterocycles. The van der Waals surface area contributed by atoms with Gasteiger partial charge in [-0.05, 0) is 60.8 Å². The van der Waals surface area contributed by atoms with Gasteiger partial charge in [0.15, 0.2) is 0 Å². The van der Waals surface area contributed by atoms with Crippen LogP contribution in [0.1, 0.15) is 31.0 Å². The molecular weight excluding hydrogens is 273 g/mol. The van der Waals surface area contributed by atoms with Gasteiger partial charge in [0, 0.05) is 11.1 Å². The summed E-state index contributed by atoms with van der Waals surface area (Å²) in [6.07, 6.45) is 0.